The molecule has 1 aromatic carbocycles. The number of ether oxygens (including phenoxy) is 1. The molecular weight excluding hydrogens is 324 g/mol. The Kier molecular flexibility index (Phi) is 6.45. The third kappa shape index (κ3) is 4.67. The monoisotopic (exact) mass is 344 g/mol. The van der Waals surface area contributed by atoms with Gasteiger partial charge in [-0.2, -0.15) is 0 Å². The van der Waals surface area contributed by atoms with Crippen LogP contribution in [-0.2, 0) is 4.74 Å². The molecule has 0 fully saturated rings. The molecule has 6 nitrogen and oxygen atoms in total. The molecule has 0 unspecified atom stereocenters. The Hall–Kier alpha value is -3.15. The zero-order chi connectivity index (χ0) is 19.2. The highest BCUT2D eigenvalue weighted by Crippen LogP contribution is 2.31. The van der Waals surface area contributed by atoms with E-state index in [1.54, 1.807) is 19.1 Å². The van der Waals surface area contributed by atoms with Gasteiger partial charge in [-0.25, -0.2) is 14.4 Å². The molecule has 25 heavy (non-hydrogen) atoms. The molecule has 0 saturated heterocycles. The minimum atomic E-state index is -1.35. The van der Waals surface area contributed by atoms with Crippen molar-refractivity contribution in [3.63, 3.8) is 0 Å². The standard InChI is InChI=1S/C19H20O6/c1-5-7-19(8-6-2,12(3)4)25-18(24)15-10-13(16(20)21)9-14(11-15)17(22)23/h5-6,9-11H,1-3,7-8H2,4H3,(H,20,21)(H,22,23). The summed E-state index contributed by atoms with van der Waals surface area (Å²) in [6.07, 6.45) is 3.71. The lowest BCUT2D eigenvalue weighted by Gasteiger charge is -2.32. The van der Waals surface area contributed by atoms with Crippen LogP contribution in [0.25, 0.3) is 0 Å². The van der Waals surface area contributed by atoms with Crippen LogP contribution in [0.15, 0.2) is 55.7 Å². The summed E-state index contributed by atoms with van der Waals surface area (Å²) >= 11 is 0. The Labute approximate surface area is 145 Å². The smallest absolute Gasteiger partial charge is 0.339 e. The summed E-state index contributed by atoms with van der Waals surface area (Å²) in [5.74, 6) is -3.54. The number of hydrogen-bond acceptors (Lipinski definition) is 4. The van der Waals surface area contributed by atoms with Gasteiger partial charge < -0.3 is 14.9 Å². The second-order valence-corrected chi connectivity index (χ2v) is 5.56. The van der Waals surface area contributed by atoms with E-state index in [2.05, 4.69) is 19.7 Å². The second kappa shape index (κ2) is 8.10. The molecule has 0 aromatic heterocycles. The minimum absolute atomic E-state index is 0.170. The Balaban J connectivity index is 3.35. The Morgan fingerprint density at radius 2 is 1.40 bits per heavy atom. The van der Waals surface area contributed by atoms with E-state index < -0.39 is 23.5 Å². The number of hydrogen-bond donors (Lipinski definition) is 2. The molecule has 0 heterocycles. The number of esters is 1. The van der Waals surface area contributed by atoms with Gasteiger partial charge in [0.25, 0.3) is 0 Å². The summed E-state index contributed by atoms with van der Waals surface area (Å²) in [5, 5.41) is 18.2. The van der Waals surface area contributed by atoms with Gasteiger partial charge in [0, 0.05) is 12.8 Å². The van der Waals surface area contributed by atoms with E-state index in [1.165, 1.54) is 0 Å². The maximum Gasteiger partial charge on any atom is 0.339 e. The van der Waals surface area contributed by atoms with Gasteiger partial charge in [-0.05, 0) is 30.7 Å². The number of carbonyl (C=O) groups is 3. The van der Waals surface area contributed by atoms with Crippen molar-refractivity contribution in [1.82, 2.24) is 0 Å². The van der Waals surface area contributed by atoms with Crippen molar-refractivity contribution in [3.8, 4) is 0 Å². The Morgan fingerprint density at radius 3 is 1.72 bits per heavy atom. The van der Waals surface area contributed by atoms with Gasteiger partial charge in [0.2, 0.25) is 0 Å². The van der Waals surface area contributed by atoms with Crippen LogP contribution in [0.3, 0.4) is 0 Å². The fourth-order valence-corrected chi connectivity index (χ4v) is 2.30. The number of benzene rings is 1. The summed E-state index contributed by atoms with van der Waals surface area (Å²) < 4.78 is 5.57. The van der Waals surface area contributed by atoms with Gasteiger partial charge in [0.15, 0.2) is 0 Å². The van der Waals surface area contributed by atoms with Crippen LogP contribution >= 0.6 is 0 Å². The van der Waals surface area contributed by atoms with Crippen molar-refractivity contribution in [1.29, 1.82) is 0 Å². The number of carboxylic acid groups (broad SMARTS) is 2. The van der Waals surface area contributed by atoms with Gasteiger partial charge in [-0.15, -0.1) is 13.2 Å². The summed E-state index contributed by atoms with van der Waals surface area (Å²) in [5.41, 5.74) is -1.33. The minimum Gasteiger partial charge on any atom is -0.478 e. The predicted molar refractivity (Wildman–Crippen MR) is 92.9 cm³/mol. The maximum absolute atomic E-state index is 12.5. The van der Waals surface area contributed by atoms with Crippen molar-refractivity contribution in [2.45, 2.75) is 25.4 Å². The molecule has 0 bridgehead atoms. The average Bonchev–Trinajstić information content (AvgIpc) is 2.54. The number of carboxylic acids is 2. The summed E-state index contributed by atoms with van der Waals surface area (Å²) in [4.78, 5) is 34.9. The summed E-state index contributed by atoms with van der Waals surface area (Å²) in [6.45, 7) is 12.8. The predicted octanol–water partition coefficient (Wildman–Crippen LogP) is 3.71. The van der Waals surface area contributed by atoms with Crippen molar-refractivity contribution >= 4 is 17.9 Å². The third-order valence-corrected chi connectivity index (χ3v) is 3.68. The molecular formula is C19H20O6. The van der Waals surface area contributed by atoms with E-state index in [0.717, 1.165) is 18.2 Å². The molecule has 6 heteroatoms. The van der Waals surface area contributed by atoms with E-state index >= 15 is 0 Å². The van der Waals surface area contributed by atoms with E-state index in [9.17, 15) is 14.4 Å². The lowest BCUT2D eigenvalue weighted by molar-refractivity contribution is 0.00140. The van der Waals surface area contributed by atoms with Crippen LogP contribution in [0.2, 0.25) is 0 Å². The van der Waals surface area contributed by atoms with Crippen LogP contribution in [-0.4, -0.2) is 33.7 Å². The van der Waals surface area contributed by atoms with Crippen molar-refractivity contribution in [2.24, 2.45) is 0 Å². The largest absolute Gasteiger partial charge is 0.478 e. The number of rotatable bonds is 9. The van der Waals surface area contributed by atoms with Crippen LogP contribution in [0.5, 0.6) is 0 Å². The van der Waals surface area contributed by atoms with Crippen LogP contribution in [0, 0.1) is 0 Å². The molecule has 1 aromatic rings. The summed E-state index contributed by atoms with van der Waals surface area (Å²) in [6, 6.07) is 3.12. The van der Waals surface area contributed by atoms with Crippen molar-refractivity contribution < 1.29 is 29.3 Å². The quantitative estimate of drug-likeness (QED) is 0.523. The molecule has 0 aliphatic rings. The average molecular weight is 344 g/mol. The Morgan fingerprint density at radius 1 is 1.00 bits per heavy atom. The number of carbonyl (C=O) groups excluding carboxylic acids is 1. The lowest BCUT2D eigenvalue weighted by Crippen LogP contribution is -2.35. The first kappa shape index (κ1) is 19.9. The highest BCUT2D eigenvalue weighted by atomic mass is 16.6. The van der Waals surface area contributed by atoms with E-state index in [4.69, 9.17) is 14.9 Å². The molecule has 0 saturated carbocycles. The molecule has 0 aliphatic heterocycles. The molecule has 0 atom stereocenters. The van der Waals surface area contributed by atoms with E-state index in [0.29, 0.717) is 5.57 Å². The first-order chi connectivity index (χ1) is 11.7. The highest BCUT2D eigenvalue weighted by molar-refractivity contribution is 5.99. The first-order valence-corrected chi connectivity index (χ1v) is 7.39. The third-order valence-electron chi connectivity index (χ3n) is 3.68. The normalized spacial score (nSPS) is 10.6. The van der Waals surface area contributed by atoms with Gasteiger partial charge in [-0.3, -0.25) is 0 Å². The number of aromatic carboxylic acids is 2. The fraction of sp³-hybridized carbons (Fsp3) is 0.211. The fourth-order valence-electron chi connectivity index (χ4n) is 2.30. The zero-order valence-corrected chi connectivity index (χ0v) is 13.9. The first-order valence-electron chi connectivity index (χ1n) is 7.39. The van der Waals surface area contributed by atoms with Gasteiger partial charge >= 0.3 is 17.9 Å². The van der Waals surface area contributed by atoms with E-state index in [-0.39, 0.29) is 29.5 Å². The molecule has 0 spiro atoms. The van der Waals surface area contributed by atoms with Crippen LogP contribution < -0.4 is 0 Å². The highest BCUT2D eigenvalue weighted by Gasteiger charge is 2.33. The molecule has 0 radical (unpaired) electrons. The molecule has 132 valence electrons. The molecule has 0 amide bonds. The van der Waals surface area contributed by atoms with Crippen molar-refractivity contribution in [3.05, 3.63) is 72.4 Å². The summed E-state index contributed by atoms with van der Waals surface area (Å²) in [7, 11) is 0. The van der Waals surface area contributed by atoms with Gasteiger partial charge in [-0.1, -0.05) is 18.7 Å². The van der Waals surface area contributed by atoms with Gasteiger partial charge in [0.1, 0.15) is 5.60 Å². The maximum atomic E-state index is 12.5. The van der Waals surface area contributed by atoms with Crippen LogP contribution in [0.4, 0.5) is 0 Å². The second-order valence-electron chi connectivity index (χ2n) is 5.56. The van der Waals surface area contributed by atoms with E-state index in [1.807, 2.05) is 0 Å². The Bertz CT molecular complexity index is 702. The van der Waals surface area contributed by atoms with Crippen LogP contribution in [0.1, 0.15) is 50.8 Å². The molecule has 2 N–H and O–H groups in total. The van der Waals surface area contributed by atoms with Crippen molar-refractivity contribution in [2.75, 3.05) is 0 Å². The SMILES string of the molecule is C=CCC(CC=C)(OC(=O)c1cc(C(=O)O)cc(C(=O)O)c1)C(=C)C. The topological polar surface area (TPSA) is 101 Å². The molecule has 0 aliphatic carbocycles. The zero-order valence-electron chi connectivity index (χ0n) is 13.9. The molecule has 1 rings (SSSR count). The van der Waals surface area contributed by atoms with Gasteiger partial charge in [0.05, 0.1) is 16.7 Å². The lowest BCUT2D eigenvalue weighted by atomic mass is 9.88.